The zero-order valence-corrected chi connectivity index (χ0v) is 14.7. The average Bonchev–Trinajstić information content (AvgIpc) is 3.21. The predicted octanol–water partition coefficient (Wildman–Crippen LogP) is 0.837. The molecule has 0 aliphatic heterocycles. The lowest BCUT2D eigenvalue weighted by Gasteiger charge is -2.09. The molecule has 2 unspecified atom stereocenters. The van der Waals surface area contributed by atoms with Gasteiger partial charge in [0.15, 0.2) is 0 Å². The molecule has 0 saturated heterocycles. The summed E-state index contributed by atoms with van der Waals surface area (Å²) in [5.41, 5.74) is 1.24. The maximum absolute atomic E-state index is 11.8. The smallest absolute Gasteiger partial charge is 0.229 e. The van der Waals surface area contributed by atoms with Gasteiger partial charge in [-0.25, -0.2) is 8.42 Å². The van der Waals surface area contributed by atoms with Crippen molar-refractivity contribution in [1.29, 1.82) is 0 Å². The van der Waals surface area contributed by atoms with Crippen molar-refractivity contribution in [2.24, 2.45) is 11.8 Å². The average molecular weight is 353 g/mol. The van der Waals surface area contributed by atoms with Crippen LogP contribution in [0.25, 0.3) is 0 Å². The van der Waals surface area contributed by atoms with Crippen LogP contribution in [-0.2, 0) is 26.2 Å². The SMILES string of the molecule is CC1CC1C(=O)NCCC(=O)NCc1cccc(NS(C)(=O)=O)c1. The Morgan fingerprint density at radius 1 is 1.25 bits per heavy atom. The summed E-state index contributed by atoms with van der Waals surface area (Å²) in [5.74, 6) is 0.417. The molecule has 0 spiro atoms. The Kier molecular flexibility index (Phi) is 5.82. The van der Waals surface area contributed by atoms with Crippen LogP contribution >= 0.6 is 0 Å². The van der Waals surface area contributed by atoms with Crippen molar-refractivity contribution in [3.8, 4) is 0 Å². The summed E-state index contributed by atoms with van der Waals surface area (Å²) in [7, 11) is -3.33. The summed E-state index contributed by atoms with van der Waals surface area (Å²) in [6.45, 7) is 2.65. The number of nitrogens with one attached hydrogen (secondary N) is 3. The normalized spacial score (nSPS) is 19.4. The monoisotopic (exact) mass is 353 g/mol. The number of rotatable bonds is 8. The van der Waals surface area contributed by atoms with Crippen LogP contribution in [0, 0.1) is 11.8 Å². The van der Waals surface area contributed by atoms with Crippen LogP contribution in [0.15, 0.2) is 24.3 Å². The van der Waals surface area contributed by atoms with Crippen molar-refractivity contribution in [1.82, 2.24) is 10.6 Å². The lowest BCUT2D eigenvalue weighted by atomic mass is 10.2. The quantitative estimate of drug-likeness (QED) is 0.644. The Balaban J connectivity index is 1.71. The van der Waals surface area contributed by atoms with Gasteiger partial charge in [0.1, 0.15) is 0 Å². The van der Waals surface area contributed by atoms with E-state index in [2.05, 4.69) is 15.4 Å². The molecule has 1 aliphatic carbocycles. The van der Waals surface area contributed by atoms with Crippen molar-refractivity contribution < 1.29 is 18.0 Å². The van der Waals surface area contributed by atoms with Crippen LogP contribution in [0.5, 0.6) is 0 Å². The number of anilines is 1. The Bertz CT molecular complexity index is 718. The molecule has 1 aromatic carbocycles. The number of carbonyl (C=O) groups excluding carboxylic acids is 2. The summed E-state index contributed by atoms with van der Waals surface area (Å²) >= 11 is 0. The van der Waals surface area contributed by atoms with Crippen molar-refractivity contribution in [3.63, 3.8) is 0 Å². The number of benzene rings is 1. The maximum Gasteiger partial charge on any atom is 0.229 e. The van der Waals surface area contributed by atoms with Crippen molar-refractivity contribution in [2.45, 2.75) is 26.3 Å². The second kappa shape index (κ2) is 7.65. The number of hydrogen-bond acceptors (Lipinski definition) is 4. The Morgan fingerprint density at radius 3 is 2.58 bits per heavy atom. The van der Waals surface area contributed by atoms with Gasteiger partial charge < -0.3 is 10.6 Å². The first-order valence-electron chi connectivity index (χ1n) is 7.86. The van der Waals surface area contributed by atoms with E-state index in [-0.39, 0.29) is 24.2 Å². The van der Waals surface area contributed by atoms with Gasteiger partial charge in [-0.1, -0.05) is 19.1 Å². The largest absolute Gasteiger partial charge is 0.355 e. The minimum Gasteiger partial charge on any atom is -0.355 e. The van der Waals surface area contributed by atoms with Gasteiger partial charge in [-0.05, 0) is 30.0 Å². The van der Waals surface area contributed by atoms with Crippen LogP contribution in [0.3, 0.4) is 0 Å². The highest BCUT2D eigenvalue weighted by Crippen LogP contribution is 2.37. The first kappa shape index (κ1) is 18.3. The molecule has 1 saturated carbocycles. The van der Waals surface area contributed by atoms with Crippen molar-refractivity contribution in [2.75, 3.05) is 17.5 Å². The molecule has 3 N–H and O–H groups in total. The van der Waals surface area contributed by atoms with Gasteiger partial charge >= 0.3 is 0 Å². The van der Waals surface area contributed by atoms with Crippen molar-refractivity contribution in [3.05, 3.63) is 29.8 Å². The van der Waals surface area contributed by atoms with E-state index in [0.717, 1.165) is 18.2 Å². The van der Waals surface area contributed by atoms with Crippen LogP contribution < -0.4 is 15.4 Å². The molecule has 0 aromatic heterocycles. The number of sulfonamides is 1. The van der Waals surface area contributed by atoms with Crippen LogP contribution in [0.2, 0.25) is 0 Å². The standard InChI is InChI=1S/C16H23N3O4S/c1-11-8-14(11)16(21)17-7-6-15(20)18-10-12-4-3-5-13(9-12)19-24(2,22)23/h3-5,9,11,14,19H,6-8,10H2,1-2H3,(H,17,21)(H,18,20). The van der Waals surface area contributed by atoms with Crippen LogP contribution in [-0.4, -0.2) is 33.0 Å². The van der Waals surface area contributed by atoms with Gasteiger partial charge in [-0.3, -0.25) is 14.3 Å². The first-order chi connectivity index (χ1) is 11.2. The van der Waals surface area contributed by atoms with E-state index >= 15 is 0 Å². The third kappa shape index (κ3) is 6.19. The van der Waals surface area contributed by atoms with Gasteiger partial charge in [0.25, 0.3) is 0 Å². The third-order valence-electron chi connectivity index (χ3n) is 3.82. The number of carbonyl (C=O) groups is 2. The molecule has 2 amide bonds. The molecule has 0 heterocycles. The molecule has 0 radical (unpaired) electrons. The highest BCUT2D eigenvalue weighted by molar-refractivity contribution is 7.92. The second-order valence-electron chi connectivity index (χ2n) is 6.21. The number of amides is 2. The molecule has 8 heteroatoms. The van der Waals surface area contributed by atoms with Gasteiger partial charge in [-0.15, -0.1) is 0 Å². The molecule has 1 aromatic rings. The molecular formula is C16H23N3O4S. The fourth-order valence-corrected chi connectivity index (χ4v) is 2.92. The van der Waals surface area contributed by atoms with Gasteiger partial charge in [-0.2, -0.15) is 0 Å². The van der Waals surface area contributed by atoms with E-state index in [4.69, 9.17) is 0 Å². The topological polar surface area (TPSA) is 104 Å². The molecule has 2 atom stereocenters. The lowest BCUT2D eigenvalue weighted by Crippen LogP contribution is -2.31. The summed E-state index contributed by atoms with van der Waals surface area (Å²) in [5, 5.41) is 5.51. The van der Waals surface area contributed by atoms with Gasteiger partial charge in [0.2, 0.25) is 21.8 Å². The fourth-order valence-electron chi connectivity index (χ4n) is 2.37. The molecule has 132 valence electrons. The molecule has 1 fully saturated rings. The predicted molar refractivity (Wildman–Crippen MR) is 91.7 cm³/mol. The van der Waals surface area contributed by atoms with Crippen LogP contribution in [0.4, 0.5) is 5.69 Å². The van der Waals surface area contributed by atoms with E-state index in [9.17, 15) is 18.0 Å². The fraction of sp³-hybridized carbons (Fsp3) is 0.500. The maximum atomic E-state index is 11.8. The Labute approximate surface area is 142 Å². The molecule has 1 aliphatic rings. The minimum absolute atomic E-state index is 0.0230. The summed E-state index contributed by atoms with van der Waals surface area (Å²) in [4.78, 5) is 23.4. The van der Waals surface area contributed by atoms with Crippen LogP contribution in [0.1, 0.15) is 25.3 Å². The van der Waals surface area contributed by atoms with E-state index in [0.29, 0.717) is 24.7 Å². The number of hydrogen-bond donors (Lipinski definition) is 3. The zero-order valence-electron chi connectivity index (χ0n) is 13.8. The van der Waals surface area contributed by atoms with Crippen molar-refractivity contribution >= 4 is 27.5 Å². The van der Waals surface area contributed by atoms with Gasteiger partial charge in [0, 0.05) is 31.1 Å². The van der Waals surface area contributed by atoms with E-state index in [1.807, 2.05) is 6.92 Å². The Morgan fingerprint density at radius 2 is 1.96 bits per heavy atom. The molecule has 7 nitrogen and oxygen atoms in total. The summed E-state index contributed by atoms with van der Waals surface area (Å²) < 4.78 is 24.8. The molecule has 2 rings (SSSR count). The third-order valence-corrected chi connectivity index (χ3v) is 4.42. The van der Waals surface area contributed by atoms with E-state index in [1.165, 1.54) is 0 Å². The lowest BCUT2D eigenvalue weighted by molar-refractivity contribution is -0.123. The van der Waals surface area contributed by atoms with E-state index in [1.54, 1.807) is 24.3 Å². The molecular weight excluding hydrogens is 330 g/mol. The molecule has 24 heavy (non-hydrogen) atoms. The second-order valence-corrected chi connectivity index (χ2v) is 7.96. The molecule has 0 bridgehead atoms. The Hall–Kier alpha value is -2.09. The summed E-state index contributed by atoms with van der Waals surface area (Å²) in [6, 6.07) is 6.81. The highest BCUT2D eigenvalue weighted by Gasteiger charge is 2.38. The summed E-state index contributed by atoms with van der Waals surface area (Å²) in [6.07, 6.45) is 2.22. The minimum atomic E-state index is -3.33. The van der Waals surface area contributed by atoms with Gasteiger partial charge in [0.05, 0.1) is 6.26 Å². The highest BCUT2D eigenvalue weighted by atomic mass is 32.2. The zero-order chi connectivity index (χ0) is 17.7. The van der Waals surface area contributed by atoms with E-state index < -0.39 is 10.0 Å². The first-order valence-corrected chi connectivity index (χ1v) is 9.75.